The molecule has 3 aromatic rings. The molecule has 0 radical (unpaired) electrons. The van der Waals surface area contributed by atoms with Gasteiger partial charge in [0, 0.05) is 37.2 Å². The molecule has 0 aliphatic carbocycles. The van der Waals surface area contributed by atoms with Gasteiger partial charge in [-0.05, 0) is 67.6 Å². The zero-order valence-electron chi connectivity index (χ0n) is 21.7. The van der Waals surface area contributed by atoms with Gasteiger partial charge in [-0.25, -0.2) is 18.2 Å². The van der Waals surface area contributed by atoms with Gasteiger partial charge in [-0.15, -0.1) is 0 Å². The van der Waals surface area contributed by atoms with Gasteiger partial charge < -0.3 is 14.9 Å². The van der Waals surface area contributed by atoms with Gasteiger partial charge in [0.2, 0.25) is 0 Å². The summed E-state index contributed by atoms with van der Waals surface area (Å²) in [6.45, 7) is 3.44. The Balaban J connectivity index is 1.31. The van der Waals surface area contributed by atoms with Crippen molar-refractivity contribution in [3.8, 4) is 11.3 Å². The fraction of sp³-hybridized carbons (Fsp3) is 0.367. The quantitative estimate of drug-likeness (QED) is 0.516. The third-order valence-corrected chi connectivity index (χ3v) is 8.09. The van der Waals surface area contributed by atoms with E-state index in [1.165, 1.54) is 12.1 Å². The lowest BCUT2D eigenvalue weighted by atomic mass is 9.70. The van der Waals surface area contributed by atoms with Crippen LogP contribution in [0.5, 0.6) is 0 Å². The molecule has 0 saturated carbocycles. The topological polar surface area (TPSA) is 73.7 Å². The van der Waals surface area contributed by atoms with Gasteiger partial charge >= 0.3 is 0 Å². The van der Waals surface area contributed by atoms with Crippen LogP contribution in [0.4, 0.5) is 13.2 Å². The minimum Gasteiger partial charge on any atom is -0.392 e. The molecule has 204 valence electrons. The number of carbonyl (C=O) groups excluding carboxylic acids is 2. The number of halogens is 3. The van der Waals surface area contributed by atoms with Gasteiger partial charge in [-0.3, -0.25) is 9.59 Å². The van der Waals surface area contributed by atoms with Crippen LogP contribution in [0.3, 0.4) is 0 Å². The van der Waals surface area contributed by atoms with Crippen molar-refractivity contribution in [1.29, 1.82) is 0 Å². The van der Waals surface area contributed by atoms with Gasteiger partial charge in [-0.2, -0.15) is 0 Å². The van der Waals surface area contributed by atoms with E-state index < -0.39 is 46.1 Å². The van der Waals surface area contributed by atoms with Crippen LogP contribution in [0.15, 0.2) is 54.6 Å². The number of likely N-dealkylation sites (tertiary alicyclic amines) is 2. The van der Waals surface area contributed by atoms with E-state index in [1.807, 2.05) is 24.3 Å². The summed E-state index contributed by atoms with van der Waals surface area (Å²) in [5.74, 6) is -3.47. The van der Waals surface area contributed by atoms with Crippen molar-refractivity contribution in [1.82, 2.24) is 14.8 Å². The fourth-order valence-corrected chi connectivity index (χ4v) is 5.66. The first kappa shape index (κ1) is 26.9. The Kier molecular flexibility index (Phi) is 7.44. The normalized spacial score (nSPS) is 18.8. The third-order valence-electron chi connectivity index (χ3n) is 8.09. The highest BCUT2D eigenvalue weighted by Crippen LogP contribution is 2.41. The van der Waals surface area contributed by atoms with E-state index in [0.29, 0.717) is 37.9 Å². The first-order valence-electron chi connectivity index (χ1n) is 13.2. The number of benzene rings is 2. The Morgan fingerprint density at radius 2 is 1.56 bits per heavy atom. The highest BCUT2D eigenvalue weighted by atomic mass is 19.1. The van der Waals surface area contributed by atoms with Crippen LogP contribution < -0.4 is 0 Å². The van der Waals surface area contributed by atoms with Gasteiger partial charge in [-0.1, -0.05) is 25.1 Å². The Bertz CT molecular complexity index is 1370. The molecule has 9 heteroatoms. The summed E-state index contributed by atoms with van der Waals surface area (Å²) in [7, 11) is 0. The smallest absolute Gasteiger partial charge is 0.272 e. The molecular formula is C30H30F3N3O3. The molecular weight excluding hydrogens is 507 g/mol. The molecule has 6 nitrogen and oxygen atoms in total. The molecule has 1 atom stereocenters. The number of piperidine rings is 2. The van der Waals surface area contributed by atoms with Crippen molar-refractivity contribution in [2.75, 3.05) is 26.2 Å². The van der Waals surface area contributed by atoms with Crippen molar-refractivity contribution >= 4 is 11.8 Å². The molecule has 2 aliphatic rings. The monoisotopic (exact) mass is 537 g/mol. The number of rotatable bonds is 4. The number of aliphatic hydroxyl groups excluding tert-OH is 1. The van der Waals surface area contributed by atoms with E-state index in [4.69, 9.17) is 0 Å². The zero-order valence-corrected chi connectivity index (χ0v) is 21.7. The molecule has 1 unspecified atom stereocenters. The minimum absolute atomic E-state index is 0.0610. The molecule has 5 rings (SSSR count). The summed E-state index contributed by atoms with van der Waals surface area (Å²) in [5, 5.41) is 11.0. The molecule has 2 fully saturated rings. The second kappa shape index (κ2) is 10.8. The predicted molar refractivity (Wildman–Crippen MR) is 139 cm³/mol. The van der Waals surface area contributed by atoms with E-state index in [2.05, 4.69) is 11.9 Å². The van der Waals surface area contributed by atoms with E-state index in [-0.39, 0.29) is 24.7 Å². The third kappa shape index (κ3) is 5.15. The van der Waals surface area contributed by atoms with Crippen LogP contribution in [0, 0.1) is 22.9 Å². The average Bonchev–Trinajstić information content (AvgIpc) is 2.95. The lowest BCUT2D eigenvalue weighted by Crippen LogP contribution is -2.58. The van der Waals surface area contributed by atoms with Crippen LogP contribution in [0.25, 0.3) is 11.3 Å². The first-order chi connectivity index (χ1) is 18.7. The molecule has 39 heavy (non-hydrogen) atoms. The van der Waals surface area contributed by atoms with Crippen molar-refractivity contribution < 1.29 is 27.9 Å². The number of nitrogens with zero attached hydrogens (tertiary/aromatic N) is 3. The molecule has 2 aliphatic heterocycles. The summed E-state index contributed by atoms with van der Waals surface area (Å²) < 4.78 is 43.2. The largest absolute Gasteiger partial charge is 0.392 e. The van der Waals surface area contributed by atoms with Crippen molar-refractivity contribution in [2.24, 2.45) is 5.41 Å². The molecule has 3 heterocycles. The maximum absolute atomic E-state index is 14.5. The highest BCUT2D eigenvalue weighted by molar-refractivity contribution is 5.94. The second-order valence-corrected chi connectivity index (χ2v) is 10.4. The standard InChI is InChI=1S/C30H30F3N3O3/c1-2-19-6-8-20(9-7-19)28(38)35-16-13-30(14-17-35)18-36(15-12-25(30)37)29(39)24-11-10-23(33)27(34-24)26-21(31)4-3-5-22(26)32/h3-11,25,37H,2,12-18H2,1H3. The zero-order chi connectivity index (χ0) is 27.7. The Labute approximate surface area is 225 Å². The predicted octanol–water partition coefficient (Wildman–Crippen LogP) is 4.86. The molecule has 0 bridgehead atoms. The number of aryl methyl sites for hydroxylation is 1. The number of hydrogen-bond donors (Lipinski definition) is 1. The summed E-state index contributed by atoms with van der Waals surface area (Å²) >= 11 is 0. The van der Waals surface area contributed by atoms with Gasteiger partial charge in [0.1, 0.15) is 28.8 Å². The Hall–Kier alpha value is -3.72. The number of carbonyl (C=O) groups is 2. The number of aromatic nitrogens is 1. The van der Waals surface area contributed by atoms with Crippen LogP contribution in [0.2, 0.25) is 0 Å². The molecule has 2 amide bonds. The number of aliphatic hydroxyl groups is 1. The molecule has 2 saturated heterocycles. The average molecular weight is 538 g/mol. The van der Waals surface area contributed by atoms with E-state index in [9.17, 15) is 27.9 Å². The van der Waals surface area contributed by atoms with E-state index in [0.717, 1.165) is 30.2 Å². The van der Waals surface area contributed by atoms with E-state index >= 15 is 0 Å². The SMILES string of the molecule is CCc1ccc(C(=O)N2CCC3(CC2)CN(C(=O)c2ccc(F)c(-c4c(F)cccc4F)n2)CCC3O)cc1. The highest BCUT2D eigenvalue weighted by Gasteiger charge is 2.46. The molecule has 2 aromatic carbocycles. The summed E-state index contributed by atoms with van der Waals surface area (Å²) in [4.78, 5) is 33.8. The van der Waals surface area contributed by atoms with Crippen LogP contribution in [-0.4, -0.2) is 64.0 Å². The first-order valence-corrected chi connectivity index (χ1v) is 13.2. The summed E-state index contributed by atoms with van der Waals surface area (Å²) in [5.41, 5.74) is -0.158. The Morgan fingerprint density at radius 1 is 0.897 bits per heavy atom. The molecule has 1 aromatic heterocycles. The van der Waals surface area contributed by atoms with Crippen molar-refractivity contribution in [2.45, 2.75) is 38.7 Å². The lowest BCUT2D eigenvalue weighted by Gasteiger charge is -2.50. The van der Waals surface area contributed by atoms with E-state index in [1.54, 1.807) is 9.80 Å². The Morgan fingerprint density at radius 3 is 2.21 bits per heavy atom. The van der Waals surface area contributed by atoms with Crippen molar-refractivity contribution in [3.05, 3.63) is 88.9 Å². The van der Waals surface area contributed by atoms with Crippen LogP contribution in [-0.2, 0) is 6.42 Å². The maximum Gasteiger partial charge on any atom is 0.272 e. The second-order valence-electron chi connectivity index (χ2n) is 10.4. The summed E-state index contributed by atoms with van der Waals surface area (Å²) in [6.07, 6.45) is 1.61. The summed E-state index contributed by atoms with van der Waals surface area (Å²) in [6, 6.07) is 12.9. The van der Waals surface area contributed by atoms with Gasteiger partial charge in [0.05, 0.1) is 11.7 Å². The molecule has 1 spiro atoms. The minimum atomic E-state index is -0.978. The van der Waals surface area contributed by atoms with Gasteiger partial charge in [0.15, 0.2) is 0 Å². The lowest BCUT2D eigenvalue weighted by molar-refractivity contribution is -0.0677. The fourth-order valence-electron chi connectivity index (χ4n) is 5.66. The van der Waals surface area contributed by atoms with Crippen LogP contribution >= 0.6 is 0 Å². The molecule has 1 N–H and O–H groups in total. The van der Waals surface area contributed by atoms with Crippen molar-refractivity contribution in [3.63, 3.8) is 0 Å². The maximum atomic E-state index is 14.5. The number of amides is 2. The van der Waals surface area contributed by atoms with Crippen LogP contribution in [0.1, 0.15) is 52.6 Å². The number of hydrogen-bond acceptors (Lipinski definition) is 4. The van der Waals surface area contributed by atoms with Gasteiger partial charge in [0.25, 0.3) is 11.8 Å². The number of pyridine rings is 1.